The Bertz CT molecular complexity index is 1350. The highest BCUT2D eigenvalue weighted by Crippen LogP contribution is 2.45. The third-order valence-electron chi connectivity index (χ3n) is 8.12. The molecular weight excluding hydrogens is 556 g/mol. The summed E-state index contributed by atoms with van der Waals surface area (Å²) in [5.74, 6) is -1.09. The number of rotatable bonds is 10. The molecule has 1 aromatic heterocycles. The summed E-state index contributed by atoms with van der Waals surface area (Å²) in [7, 11) is 1.33. The Kier molecular flexibility index (Phi) is 9.86. The summed E-state index contributed by atoms with van der Waals surface area (Å²) in [5, 5.41) is 1.57. The number of methoxy groups -OCH3 is 1. The van der Waals surface area contributed by atoms with Crippen LogP contribution in [0.25, 0.3) is 10.9 Å². The first-order chi connectivity index (χ1) is 19.9. The number of allylic oxidation sites excluding steroid dienone is 1. The summed E-state index contributed by atoms with van der Waals surface area (Å²) >= 11 is 6.31. The maximum atomic E-state index is 14.2. The number of benzene rings is 1. The van der Waals surface area contributed by atoms with Crippen molar-refractivity contribution in [2.75, 3.05) is 13.7 Å². The zero-order valence-corrected chi connectivity index (χ0v) is 26.2. The molecule has 0 bridgehead atoms. The summed E-state index contributed by atoms with van der Waals surface area (Å²) in [6.07, 6.45) is 7.52. The van der Waals surface area contributed by atoms with Crippen LogP contribution >= 0.6 is 11.6 Å². The maximum absolute atomic E-state index is 14.2. The van der Waals surface area contributed by atoms with E-state index in [-0.39, 0.29) is 18.9 Å². The zero-order valence-electron chi connectivity index (χ0n) is 25.5. The zero-order chi connectivity index (χ0) is 30.7. The van der Waals surface area contributed by atoms with E-state index in [2.05, 4.69) is 6.58 Å². The van der Waals surface area contributed by atoms with E-state index < -0.39 is 35.1 Å². The van der Waals surface area contributed by atoms with Crippen molar-refractivity contribution in [1.29, 1.82) is 0 Å². The first-order valence-corrected chi connectivity index (χ1v) is 15.2. The molecule has 3 atom stereocenters. The van der Waals surface area contributed by atoms with Crippen molar-refractivity contribution in [3.05, 3.63) is 47.1 Å². The predicted octanol–water partition coefficient (Wildman–Crippen LogP) is 6.52. The van der Waals surface area contributed by atoms with Crippen molar-refractivity contribution < 1.29 is 28.6 Å². The molecule has 2 aromatic rings. The molecule has 0 saturated carbocycles. The normalized spacial score (nSPS) is 20.6. The average Bonchev–Trinajstić information content (AvgIpc) is 3.29. The number of halogens is 1. The number of amides is 1. The van der Waals surface area contributed by atoms with E-state index in [4.69, 9.17) is 30.8 Å². The van der Waals surface area contributed by atoms with Crippen LogP contribution in [0.3, 0.4) is 0 Å². The van der Waals surface area contributed by atoms with Gasteiger partial charge >= 0.3 is 11.9 Å². The largest absolute Gasteiger partial charge is 0.483 e. The van der Waals surface area contributed by atoms with Gasteiger partial charge < -0.3 is 19.1 Å². The van der Waals surface area contributed by atoms with E-state index in [0.29, 0.717) is 36.5 Å². The van der Waals surface area contributed by atoms with Crippen LogP contribution in [0.1, 0.15) is 83.4 Å². The fourth-order valence-electron chi connectivity index (χ4n) is 6.19. The molecule has 0 N–H and O–H groups in total. The van der Waals surface area contributed by atoms with Crippen LogP contribution in [-0.4, -0.2) is 58.6 Å². The molecule has 3 heterocycles. The van der Waals surface area contributed by atoms with Crippen LogP contribution in [0.15, 0.2) is 30.9 Å². The Balaban J connectivity index is 1.61. The van der Waals surface area contributed by atoms with Gasteiger partial charge in [-0.3, -0.25) is 9.59 Å². The van der Waals surface area contributed by atoms with E-state index in [9.17, 15) is 14.4 Å². The number of carbonyl (C=O) groups excluding carboxylic acids is 3. The van der Waals surface area contributed by atoms with Gasteiger partial charge in [0.15, 0.2) is 0 Å². The highest BCUT2D eigenvalue weighted by molar-refractivity contribution is 6.31. The standard InChI is InChI=1S/C33H43ClN2O6/c1-7-8-9-10-11-12-22(17-28(37)41-32(3,4)5)30(38)36-20-33(19-27(36)31(39)40-6)16-15-24-25-18-23(34)13-14-26(25)35-21(2)29(24)42-33/h7,13-14,18,22,27H,1,8-12,15-17,19-20H2,2-6H3/t22-,27+,33+/m1/s1. The minimum Gasteiger partial charge on any atom is -0.483 e. The Morgan fingerprint density at radius 2 is 2.02 bits per heavy atom. The Labute approximate surface area is 253 Å². The quantitative estimate of drug-likeness (QED) is 0.174. The second-order valence-electron chi connectivity index (χ2n) is 12.6. The maximum Gasteiger partial charge on any atom is 0.328 e. The van der Waals surface area contributed by atoms with Crippen molar-refractivity contribution in [1.82, 2.24) is 9.88 Å². The van der Waals surface area contributed by atoms with Crippen molar-refractivity contribution in [2.45, 2.75) is 103 Å². The number of esters is 2. The fourth-order valence-corrected chi connectivity index (χ4v) is 6.36. The summed E-state index contributed by atoms with van der Waals surface area (Å²) in [6, 6.07) is 4.82. The van der Waals surface area contributed by atoms with Crippen LogP contribution in [0, 0.1) is 12.8 Å². The van der Waals surface area contributed by atoms with E-state index in [1.807, 2.05) is 31.2 Å². The molecule has 1 aromatic carbocycles. The van der Waals surface area contributed by atoms with Crippen molar-refractivity contribution in [3.63, 3.8) is 0 Å². The number of nitrogens with zero attached hydrogens (tertiary/aromatic N) is 2. The lowest BCUT2D eigenvalue weighted by Gasteiger charge is -2.36. The van der Waals surface area contributed by atoms with E-state index in [1.54, 1.807) is 25.7 Å². The predicted molar refractivity (Wildman–Crippen MR) is 163 cm³/mol. The Hall–Kier alpha value is -3.13. The van der Waals surface area contributed by atoms with Gasteiger partial charge in [0.1, 0.15) is 23.0 Å². The lowest BCUT2D eigenvalue weighted by Crippen LogP contribution is -2.46. The van der Waals surface area contributed by atoms with Gasteiger partial charge in [-0.05, 0) is 78.0 Å². The second-order valence-corrected chi connectivity index (χ2v) is 13.0. The number of ether oxygens (including phenoxy) is 3. The van der Waals surface area contributed by atoms with Gasteiger partial charge in [0, 0.05) is 28.3 Å². The average molecular weight is 599 g/mol. The van der Waals surface area contributed by atoms with Crippen molar-refractivity contribution in [3.8, 4) is 5.75 Å². The van der Waals surface area contributed by atoms with Crippen LogP contribution < -0.4 is 4.74 Å². The van der Waals surface area contributed by atoms with E-state index >= 15 is 0 Å². The topological polar surface area (TPSA) is 95.0 Å². The van der Waals surface area contributed by atoms with Gasteiger partial charge in [-0.25, -0.2) is 9.78 Å². The number of aromatic nitrogens is 1. The third-order valence-corrected chi connectivity index (χ3v) is 8.36. The Morgan fingerprint density at radius 3 is 2.71 bits per heavy atom. The van der Waals surface area contributed by atoms with Crippen LogP contribution in [0.5, 0.6) is 5.75 Å². The van der Waals surface area contributed by atoms with Crippen LogP contribution in [0.2, 0.25) is 5.02 Å². The minimum atomic E-state index is -0.811. The number of carbonyl (C=O) groups is 3. The van der Waals surface area contributed by atoms with E-state index in [0.717, 1.165) is 47.8 Å². The molecule has 1 fully saturated rings. The van der Waals surface area contributed by atoms with Gasteiger partial charge in [-0.2, -0.15) is 0 Å². The molecule has 1 saturated heterocycles. The number of pyridine rings is 1. The number of fused-ring (bicyclic) bond motifs is 3. The van der Waals surface area contributed by atoms with Gasteiger partial charge in [0.2, 0.25) is 5.91 Å². The molecule has 9 heteroatoms. The summed E-state index contributed by atoms with van der Waals surface area (Å²) < 4.78 is 17.4. The second kappa shape index (κ2) is 13.0. The van der Waals surface area contributed by atoms with E-state index in [1.165, 1.54) is 7.11 Å². The van der Waals surface area contributed by atoms with Gasteiger partial charge in [-0.15, -0.1) is 6.58 Å². The molecule has 2 aliphatic heterocycles. The highest BCUT2D eigenvalue weighted by atomic mass is 35.5. The number of unbranched alkanes of at least 4 members (excludes halogenated alkanes) is 3. The molecule has 1 amide bonds. The van der Waals surface area contributed by atoms with Gasteiger partial charge in [0.05, 0.1) is 31.3 Å². The Morgan fingerprint density at radius 1 is 1.26 bits per heavy atom. The molecule has 0 unspecified atom stereocenters. The molecule has 0 aliphatic carbocycles. The first kappa shape index (κ1) is 31.8. The molecular formula is C33H43ClN2O6. The lowest BCUT2D eigenvalue weighted by molar-refractivity contribution is -0.159. The highest BCUT2D eigenvalue weighted by Gasteiger charge is 2.53. The molecule has 2 aliphatic rings. The van der Waals surface area contributed by atoms with Crippen LogP contribution in [-0.2, 0) is 30.3 Å². The molecule has 8 nitrogen and oxygen atoms in total. The first-order valence-electron chi connectivity index (χ1n) is 14.8. The SMILES string of the molecule is C=CCCCCC[C@H](CC(=O)OC(C)(C)C)C(=O)N1C[C@]2(CCc3c(c(C)nc4ccc(Cl)cc34)O2)C[C@H]1C(=O)OC. The number of likely N-dealkylation sites (tertiary alicyclic amines) is 1. The molecule has 228 valence electrons. The smallest absolute Gasteiger partial charge is 0.328 e. The van der Waals surface area contributed by atoms with Gasteiger partial charge in [0.25, 0.3) is 0 Å². The molecule has 1 spiro atoms. The minimum absolute atomic E-state index is 0.0472. The van der Waals surface area contributed by atoms with Crippen molar-refractivity contribution >= 4 is 40.3 Å². The summed E-state index contributed by atoms with van der Waals surface area (Å²) in [4.78, 5) is 46.4. The fraction of sp³-hybridized carbons (Fsp3) is 0.576. The van der Waals surface area contributed by atoms with Crippen molar-refractivity contribution in [2.24, 2.45) is 5.92 Å². The molecule has 0 radical (unpaired) electrons. The number of hydrogen-bond acceptors (Lipinski definition) is 7. The van der Waals surface area contributed by atoms with Gasteiger partial charge in [-0.1, -0.05) is 30.5 Å². The molecule has 42 heavy (non-hydrogen) atoms. The monoisotopic (exact) mass is 598 g/mol. The summed E-state index contributed by atoms with van der Waals surface area (Å²) in [5.41, 5.74) is 1.20. The number of aryl methyl sites for hydroxylation is 2. The van der Waals surface area contributed by atoms with Crippen LogP contribution in [0.4, 0.5) is 0 Å². The lowest BCUT2D eigenvalue weighted by atomic mass is 9.87. The third kappa shape index (κ3) is 7.25. The number of hydrogen-bond donors (Lipinski definition) is 0. The summed E-state index contributed by atoms with van der Waals surface area (Å²) in [6.45, 7) is 11.3. The molecule has 4 rings (SSSR count).